The normalized spacial score (nSPS) is 17.5. The predicted molar refractivity (Wildman–Crippen MR) is 91.5 cm³/mol. The Bertz CT molecular complexity index is 494. The second-order valence-corrected chi connectivity index (χ2v) is 7.36. The van der Waals surface area contributed by atoms with Crippen LogP contribution in [-0.4, -0.2) is 61.3 Å². The van der Waals surface area contributed by atoms with E-state index < -0.39 is 0 Å². The number of hydrogen-bond acceptors (Lipinski definition) is 5. The standard InChI is InChI=1S/C15H27N5OS/c1-12-17-9-13(22-12)10-18-14(16-4)19-11-15(2,3)20-5-7-21-8-6-20/h9H,5-8,10-11H2,1-4H3,(H2,16,18,19). The number of thiazole rings is 1. The Hall–Kier alpha value is -1.18. The Morgan fingerprint density at radius 2 is 2.14 bits per heavy atom. The minimum Gasteiger partial charge on any atom is -0.379 e. The zero-order valence-electron chi connectivity index (χ0n) is 14.0. The third kappa shape index (κ3) is 4.93. The third-order valence-corrected chi connectivity index (χ3v) is 4.79. The molecule has 22 heavy (non-hydrogen) atoms. The lowest BCUT2D eigenvalue weighted by Gasteiger charge is -2.41. The zero-order valence-corrected chi connectivity index (χ0v) is 14.8. The van der Waals surface area contributed by atoms with Crippen LogP contribution in [0.15, 0.2) is 11.2 Å². The number of aryl methyl sites for hydroxylation is 1. The van der Waals surface area contributed by atoms with Crippen LogP contribution in [0.25, 0.3) is 0 Å². The van der Waals surface area contributed by atoms with Crippen molar-refractivity contribution in [2.24, 2.45) is 4.99 Å². The molecule has 1 fully saturated rings. The van der Waals surface area contributed by atoms with Crippen molar-refractivity contribution in [1.29, 1.82) is 0 Å². The van der Waals surface area contributed by atoms with Crippen molar-refractivity contribution >= 4 is 17.3 Å². The lowest BCUT2D eigenvalue weighted by molar-refractivity contribution is -0.00834. The number of ether oxygens (including phenoxy) is 1. The molecule has 2 N–H and O–H groups in total. The summed E-state index contributed by atoms with van der Waals surface area (Å²) in [4.78, 5) is 12.2. The number of guanidine groups is 1. The molecule has 6 nitrogen and oxygen atoms in total. The van der Waals surface area contributed by atoms with Gasteiger partial charge in [-0.3, -0.25) is 9.89 Å². The van der Waals surface area contributed by atoms with Crippen LogP contribution < -0.4 is 10.6 Å². The van der Waals surface area contributed by atoms with Crippen LogP contribution in [0.3, 0.4) is 0 Å². The molecule has 1 aliphatic heterocycles. The zero-order chi connectivity index (χ0) is 16.0. The van der Waals surface area contributed by atoms with Gasteiger partial charge < -0.3 is 15.4 Å². The molecule has 1 aromatic heterocycles. The van der Waals surface area contributed by atoms with Gasteiger partial charge in [0.25, 0.3) is 0 Å². The Morgan fingerprint density at radius 1 is 1.41 bits per heavy atom. The average molecular weight is 325 g/mol. The first-order valence-corrected chi connectivity index (χ1v) is 8.51. The van der Waals surface area contributed by atoms with Gasteiger partial charge in [0.15, 0.2) is 5.96 Å². The van der Waals surface area contributed by atoms with Crippen LogP contribution in [0, 0.1) is 6.92 Å². The van der Waals surface area contributed by atoms with Crippen molar-refractivity contribution in [3.63, 3.8) is 0 Å². The molecule has 2 rings (SSSR count). The minimum absolute atomic E-state index is 0.0719. The van der Waals surface area contributed by atoms with E-state index in [4.69, 9.17) is 4.74 Å². The van der Waals surface area contributed by atoms with Gasteiger partial charge in [0, 0.05) is 43.3 Å². The van der Waals surface area contributed by atoms with E-state index in [1.165, 1.54) is 4.88 Å². The molecular weight excluding hydrogens is 298 g/mol. The van der Waals surface area contributed by atoms with Gasteiger partial charge in [0.1, 0.15) is 0 Å². The fraction of sp³-hybridized carbons (Fsp3) is 0.733. The molecular formula is C15H27N5OS. The molecule has 0 bridgehead atoms. The monoisotopic (exact) mass is 325 g/mol. The molecule has 0 spiro atoms. The van der Waals surface area contributed by atoms with Crippen molar-refractivity contribution in [3.05, 3.63) is 16.1 Å². The topological polar surface area (TPSA) is 61.8 Å². The molecule has 0 aliphatic carbocycles. The number of aromatic nitrogens is 1. The number of nitrogens with zero attached hydrogens (tertiary/aromatic N) is 3. The average Bonchev–Trinajstić information content (AvgIpc) is 2.94. The van der Waals surface area contributed by atoms with Crippen molar-refractivity contribution in [1.82, 2.24) is 20.5 Å². The molecule has 0 aromatic carbocycles. The summed E-state index contributed by atoms with van der Waals surface area (Å²) in [7, 11) is 1.80. The Labute approximate surface area is 137 Å². The van der Waals surface area contributed by atoms with E-state index >= 15 is 0 Å². The number of nitrogens with one attached hydrogen (secondary N) is 2. The smallest absolute Gasteiger partial charge is 0.191 e. The molecule has 0 unspecified atom stereocenters. The fourth-order valence-electron chi connectivity index (χ4n) is 2.46. The summed E-state index contributed by atoms with van der Waals surface area (Å²) in [6, 6.07) is 0. The maximum absolute atomic E-state index is 5.43. The molecule has 2 heterocycles. The summed E-state index contributed by atoms with van der Waals surface area (Å²) in [5, 5.41) is 7.86. The van der Waals surface area contributed by atoms with E-state index in [0.717, 1.165) is 50.4 Å². The van der Waals surface area contributed by atoms with Gasteiger partial charge in [-0.1, -0.05) is 0 Å². The highest BCUT2D eigenvalue weighted by molar-refractivity contribution is 7.11. The van der Waals surface area contributed by atoms with Crippen LogP contribution >= 0.6 is 11.3 Å². The highest BCUT2D eigenvalue weighted by Gasteiger charge is 2.28. The molecule has 0 radical (unpaired) electrons. The molecule has 124 valence electrons. The number of hydrogen-bond donors (Lipinski definition) is 2. The van der Waals surface area contributed by atoms with Gasteiger partial charge >= 0.3 is 0 Å². The van der Waals surface area contributed by atoms with E-state index in [-0.39, 0.29) is 5.54 Å². The summed E-state index contributed by atoms with van der Waals surface area (Å²) in [5.41, 5.74) is 0.0719. The van der Waals surface area contributed by atoms with E-state index in [2.05, 4.69) is 39.4 Å². The van der Waals surface area contributed by atoms with Crippen LogP contribution in [0.2, 0.25) is 0 Å². The van der Waals surface area contributed by atoms with Crippen LogP contribution in [0.5, 0.6) is 0 Å². The van der Waals surface area contributed by atoms with E-state index in [1.807, 2.05) is 13.1 Å². The number of morpholine rings is 1. The van der Waals surface area contributed by atoms with Crippen molar-refractivity contribution in [2.45, 2.75) is 32.9 Å². The van der Waals surface area contributed by atoms with Gasteiger partial charge in [-0.05, 0) is 20.8 Å². The Balaban J connectivity index is 1.79. The summed E-state index contributed by atoms with van der Waals surface area (Å²) >= 11 is 1.71. The predicted octanol–water partition coefficient (Wildman–Crippen LogP) is 1.23. The summed E-state index contributed by atoms with van der Waals surface area (Å²) in [5.74, 6) is 0.826. The van der Waals surface area contributed by atoms with Crippen molar-refractivity contribution < 1.29 is 4.74 Å². The van der Waals surface area contributed by atoms with Crippen LogP contribution in [-0.2, 0) is 11.3 Å². The number of rotatable bonds is 5. The molecule has 0 amide bonds. The quantitative estimate of drug-likeness (QED) is 0.630. The second-order valence-electron chi connectivity index (χ2n) is 6.04. The van der Waals surface area contributed by atoms with Gasteiger partial charge in [-0.15, -0.1) is 11.3 Å². The molecule has 1 aliphatic rings. The first-order valence-electron chi connectivity index (χ1n) is 7.70. The van der Waals surface area contributed by atoms with Crippen LogP contribution in [0.4, 0.5) is 0 Å². The minimum atomic E-state index is 0.0719. The molecule has 0 atom stereocenters. The van der Waals surface area contributed by atoms with Gasteiger partial charge in [-0.2, -0.15) is 0 Å². The first kappa shape index (κ1) is 17.2. The van der Waals surface area contributed by atoms with E-state index in [1.54, 1.807) is 18.4 Å². The molecule has 0 saturated carbocycles. The second kappa shape index (κ2) is 7.89. The fourth-order valence-corrected chi connectivity index (χ4v) is 3.19. The Morgan fingerprint density at radius 3 is 2.73 bits per heavy atom. The molecule has 1 saturated heterocycles. The summed E-state index contributed by atoms with van der Waals surface area (Å²) in [6.07, 6.45) is 1.91. The van der Waals surface area contributed by atoms with Gasteiger partial charge in [-0.25, -0.2) is 4.98 Å². The highest BCUT2D eigenvalue weighted by atomic mass is 32.1. The maximum atomic E-state index is 5.43. The first-order chi connectivity index (χ1) is 10.5. The highest BCUT2D eigenvalue weighted by Crippen LogP contribution is 2.15. The molecule has 1 aromatic rings. The third-order valence-electron chi connectivity index (χ3n) is 3.88. The largest absolute Gasteiger partial charge is 0.379 e. The maximum Gasteiger partial charge on any atom is 0.191 e. The van der Waals surface area contributed by atoms with Gasteiger partial charge in [0.2, 0.25) is 0 Å². The number of aliphatic imine (C=N–C) groups is 1. The van der Waals surface area contributed by atoms with Gasteiger partial charge in [0.05, 0.1) is 24.8 Å². The van der Waals surface area contributed by atoms with E-state index in [9.17, 15) is 0 Å². The summed E-state index contributed by atoms with van der Waals surface area (Å²) in [6.45, 7) is 11.7. The SMILES string of the molecule is CN=C(NCc1cnc(C)s1)NCC(C)(C)N1CCOCC1. The lowest BCUT2D eigenvalue weighted by Crippen LogP contribution is -2.56. The van der Waals surface area contributed by atoms with Crippen molar-refractivity contribution in [2.75, 3.05) is 39.9 Å². The molecule has 7 heteroatoms. The van der Waals surface area contributed by atoms with Crippen LogP contribution in [0.1, 0.15) is 23.7 Å². The Kier molecular flexibility index (Phi) is 6.16. The summed E-state index contributed by atoms with van der Waals surface area (Å²) < 4.78 is 5.43. The van der Waals surface area contributed by atoms with Crippen molar-refractivity contribution in [3.8, 4) is 0 Å². The lowest BCUT2D eigenvalue weighted by atomic mass is 10.0. The van der Waals surface area contributed by atoms with E-state index in [0.29, 0.717) is 0 Å².